The number of fused-ring (bicyclic) bond motifs is 9. The molecule has 0 N–H and O–H groups in total. The van der Waals surface area contributed by atoms with Gasteiger partial charge in [0.1, 0.15) is 11.5 Å². The zero-order valence-corrected chi connectivity index (χ0v) is 16.0. The van der Waals surface area contributed by atoms with Gasteiger partial charge in [0.15, 0.2) is 0 Å². The van der Waals surface area contributed by atoms with Gasteiger partial charge in [-0.1, -0.05) is 78.4 Å². The van der Waals surface area contributed by atoms with Gasteiger partial charge in [0.2, 0.25) is 0 Å². The Morgan fingerprint density at radius 1 is 0.607 bits per heavy atom. The summed E-state index contributed by atoms with van der Waals surface area (Å²) in [6.07, 6.45) is 0. The van der Waals surface area contributed by atoms with E-state index >= 15 is 0 Å². The second-order valence-electron chi connectivity index (χ2n) is 7.89. The third-order valence-corrected chi connectivity index (χ3v) is 6.33. The van der Waals surface area contributed by atoms with Crippen molar-refractivity contribution in [1.82, 2.24) is 0 Å². The van der Waals surface area contributed by atoms with Crippen molar-refractivity contribution in [3.63, 3.8) is 0 Å². The van der Waals surface area contributed by atoms with Crippen molar-refractivity contribution in [3.8, 4) is 22.6 Å². The van der Waals surface area contributed by atoms with Crippen LogP contribution in [0.15, 0.2) is 84.9 Å². The molecule has 28 heavy (non-hydrogen) atoms. The van der Waals surface area contributed by atoms with Gasteiger partial charge in [-0.05, 0) is 53.8 Å². The second-order valence-corrected chi connectivity index (χ2v) is 7.89. The van der Waals surface area contributed by atoms with E-state index in [4.69, 9.17) is 4.74 Å². The van der Waals surface area contributed by atoms with Crippen molar-refractivity contribution < 1.29 is 4.74 Å². The van der Waals surface area contributed by atoms with E-state index < -0.39 is 0 Å². The number of para-hydroxylation sites is 2. The van der Waals surface area contributed by atoms with Gasteiger partial charge >= 0.3 is 0 Å². The van der Waals surface area contributed by atoms with Crippen LogP contribution in [-0.2, 0) is 5.41 Å². The molecule has 0 fully saturated rings. The summed E-state index contributed by atoms with van der Waals surface area (Å²) in [6.45, 7) is 4.40. The highest BCUT2D eigenvalue weighted by Crippen LogP contribution is 2.62. The Balaban J connectivity index is 1.88. The molecular weight excluding hydrogens is 340 g/mol. The van der Waals surface area contributed by atoms with Crippen LogP contribution < -0.4 is 4.74 Å². The number of rotatable bonds is 0. The van der Waals surface area contributed by atoms with Crippen LogP contribution in [0.1, 0.15) is 33.4 Å². The van der Waals surface area contributed by atoms with Crippen LogP contribution in [0.3, 0.4) is 0 Å². The van der Waals surface area contributed by atoms with E-state index in [1.54, 1.807) is 0 Å². The molecule has 134 valence electrons. The molecule has 6 rings (SSSR count). The number of ether oxygens (including phenoxy) is 1. The first-order valence-electron chi connectivity index (χ1n) is 9.79. The Morgan fingerprint density at radius 3 is 1.96 bits per heavy atom. The maximum Gasteiger partial charge on any atom is 0.132 e. The van der Waals surface area contributed by atoms with Gasteiger partial charge in [0.05, 0.1) is 5.41 Å². The summed E-state index contributed by atoms with van der Waals surface area (Å²) in [6, 6.07) is 30.6. The van der Waals surface area contributed by atoms with Crippen LogP contribution in [0.2, 0.25) is 0 Å². The molecule has 1 aliphatic heterocycles. The maximum absolute atomic E-state index is 6.35. The number of aryl methyl sites for hydroxylation is 2. The lowest BCUT2D eigenvalue weighted by molar-refractivity contribution is 0.436. The van der Waals surface area contributed by atoms with Gasteiger partial charge in [-0.2, -0.15) is 0 Å². The number of benzene rings is 4. The van der Waals surface area contributed by atoms with Crippen LogP contribution in [-0.4, -0.2) is 0 Å². The van der Waals surface area contributed by atoms with Gasteiger partial charge < -0.3 is 4.74 Å². The van der Waals surface area contributed by atoms with E-state index in [2.05, 4.69) is 98.8 Å². The molecule has 0 saturated heterocycles. The predicted octanol–water partition coefficient (Wildman–Crippen LogP) is 6.77. The minimum Gasteiger partial charge on any atom is -0.457 e. The molecule has 1 aliphatic carbocycles. The quantitative estimate of drug-likeness (QED) is 0.290. The number of hydrogen-bond acceptors (Lipinski definition) is 1. The normalized spacial score (nSPS) is 14.6. The fraction of sp³-hybridized carbons (Fsp3) is 0.111. The molecule has 1 heteroatoms. The molecular formula is C27H20O. The molecule has 0 bridgehead atoms. The summed E-state index contributed by atoms with van der Waals surface area (Å²) < 4.78 is 6.35. The lowest BCUT2D eigenvalue weighted by Gasteiger charge is -2.39. The standard InChI is InChI=1S/C27H20O/c1-17-14-15-19-23(16-17)27(22-11-7-8-18(2)26(19)22)20-9-3-5-12-24(20)28-25-13-6-4-10-21(25)27/h3-16H,1-2H3. The zero-order valence-electron chi connectivity index (χ0n) is 16.0. The van der Waals surface area contributed by atoms with Gasteiger partial charge in [0.25, 0.3) is 0 Å². The molecule has 1 nitrogen and oxygen atoms in total. The minimum absolute atomic E-state index is 0.339. The largest absolute Gasteiger partial charge is 0.457 e. The third kappa shape index (κ3) is 1.77. The van der Waals surface area contributed by atoms with E-state index in [9.17, 15) is 0 Å². The average molecular weight is 360 g/mol. The van der Waals surface area contributed by atoms with E-state index in [0.717, 1.165) is 11.5 Å². The van der Waals surface area contributed by atoms with Crippen molar-refractivity contribution in [2.75, 3.05) is 0 Å². The van der Waals surface area contributed by atoms with Crippen LogP contribution >= 0.6 is 0 Å². The monoisotopic (exact) mass is 360 g/mol. The maximum atomic E-state index is 6.35. The van der Waals surface area contributed by atoms with E-state index in [0.29, 0.717) is 0 Å². The summed E-state index contributed by atoms with van der Waals surface area (Å²) in [7, 11) is 0. The summed E-state index contributed by atoms with van der Waals surface area (Å²) >= 11 is 0. The highest BCUT2D eigenvalue weighted by atomic mass is 16.5. The molecule has 1 heterocycles. The zero-order chi connectivity index (χ0) is 18.9. The minimum atomic E-state index is -0.339. The molecule has 0 amide bonds. The van der Waals surface area contributed by atoms with E-state index in [1.165, 1.54) is 44.5 Å². The lowest BCUT2D eigenvalue weighted by atomic mass is 9.66. The second kappa shape index (κ2) is 5.36. The van der Waals surface area contributed by atoms with Gasteiger partial charge in [-0.15, -0.1) is 0 Å². The fourth-order valence-electron chi connectivity index (χ4n) is 5.24. The lowest BCUT2D eigenvalue weighted by Crippen LogP contribution is -2.32. The molecule has 4 aromatic carbocycles. The summed E-state index contributed by atoms with van der Waals surface area (Å²) in [4.78, 5) is 0. The Morgan fingerprint density at radius 2 is 1.25 bits per heavy atom. The highest BCUT2D eigenvalue weighted by molar-refractivity contribution is 5.90. The topological polar surface area (TPSA) is 9.23 Å². The first-order chi connectivity index (χ1) is 13.7. The first kappa shape index (κ1) is 15.7. The smallest absolute Gasteiger partial charge is 0.132 e. The Bertz CT molecular complexity index is 1220. The molecule has 0 aromatic heterocycles. The summed E-state index contributed by atoms with van der Waals surface area (Å²) in [5.41, 5.74) is 10.1. The fourth-order valence-corrected chi connectivity index (χ4v) is 5.24. The van der Waals surface area contributed by atoms with E-state index in [-0.39, 0.29) is 5.41 Å². The van der Waals surface area contributed by atoms with E-state index in [1.807, 2.05) is 0 Å². The van der Waals surface area contributed by atoms with Crippen molar-refractivity contribution >= 4 is 0 Å². The van der Waals surface area contributed by atoms with Gasteiger partial charge in [-0.25, -0.2) is 0 Å². The Kier molecular flexibility index (Phi) is 3.01. The first-order valence-corrected chi connectivity index (χ1v) is 9.79. The average Bonchev–Trinajstić information content (AvgIpc) is 3.00. The Labute approximate surface area is 165 Å². The van der Waals surface area contributed by atoms with Gasteiger partial charge in [-0.3, -0.25) is 0 Å². The van der Waals surface area contributed by atoms with Gasteiger partial charge in [0, 0.05) is 11.1 Å². The van der Waals surface area contributed by atoms with Crippen molar-refractivity contribution in [1.29, 1.82) is 0 Å². The van der Waals surface area contributed by atoms with Crippen LogP contribution in [0.25, 0.3) is 11.1 Å². The van der Waals surface area contributed by atoms with Crippen LogP contribution in [0, 0.1) is 13.8 Å². The summed E-state index contributed by atoms with van der Waals surface area (Å²) in [5, 5.41) is 0. The molecule has 4 aromatic rings. The highest BCUT2D eigenvalue weighted by Gasteiger charge is 2.51. The molecule has 1 spiro atoms. The number of hydrogen-bond donors (Lipinski definition) is 0. The molecule has 0 radical (unpaired) electrons. The van der Waals surface area contributed by atoms with Crippen molar-refractivity contribution in [3.05, 3.63) is 118 Å². The van der Waals surface area contributed by atoms with Crippen LogP contribution in [0.4, 0.5) is 0 Å². The Hall–Kier alpha value is -3.32. The third-order valence-electron chi connectivity index (χ3n) is 6.33. The van der Waals surface area contributed by atoms with Crippen molar-refractivity contribution in [2.45, 2.75) is 19.3 Å². The molecule has 0 atom stereocenters. The SMILES string of the molecule is Cc1ccc2c(c1)C1(c3ccccc3Oc3ccccc31)c1cccc(C)c1-2. The predicted molar refractivity (Wildman–Crippen MR) is 113 cm³/mol. The molecule has 0 saturated carbocycles. The van der Waals surface area contributed by atoms with Crippen molar-refractivity contribution in [2.24, 2.45) is 0 Å². The van der Waals surface area contributed by atoms with Crippen LogP contribution in [0.5, 0.6) is 11.5 Å². The molecule has 2 aliphatic rings. The summed E-state index contributed by atoms with van der Waals surface area (Å²) in [5.74, 6) is 1.89. The molecule has 0 unspecified atom stereocenters.